The number of hydrogen-bond acceptors (Lipinski definition) is 2. The van der Waals surface area contributed by atoms with E-state index in [4.69, 9.17) is 4.74 Å². The number of benzene rings is 1. The number of aryl methyl sites for hydroxylation is 2. The number of carbonyl (C=O) groups is 1. The van der Waals surface area contributed by atoms with Gasteiger partial charge in [0, 0.05) is 25.7 Å². The summed E-state index contributed by atoms with van der Waals surface area (Å²) in [6, 6.07) is 13.8. The second-order valence-corrected chi connectivity index (χ2v) is 5.76. The van der Waals surface area contributed by atoms with Crippen molar-refractivity contribution in [2.45, 2.75) is 6.92 Å². The number of carbonyl (C=O) groups excluding carboxylic acids is 1. The Bertz CT molecular complexity index is 864. The van der Waals surface area contributed by atoms with Crippen LogP contribution < -0.4 is 9.30 Å². The Morgan fingerprint density at radius 2 is 1.83 bits per heavy atom. The van der Waals surface area contributed by atoms with Crippen molar-refractivity contribution >= 4 is 11.7 Å². The molecule has 0 saturated carbocycles. The van der Waals surface area contributed by atoms with Gasteiger partial charge in [0.25, 0.3) is 5.65 Å². The molecule has 0 fully saturated rings. The van der Waals surface area contributed by atoms with Crippen LogP contribution in [-0.4, -0.2) is 29.5 Å². The van der Waals surface area contributed by atoms with Crippen molar-refractivity contribution in [1.29, 1.82) is 0 Å². The molecule has 0 aliphatic rings. The lowest BCUT2D eigenvalue weighted by molar-refractivity contribution is -0.633. The highest BCUT2D eigenvalue weighted by molar-refractivity contribution is 5.70. The summed E-state index contributed by atoms with van der Waals surface area (Å²) in [5.74, 6) is 0.537. The van der Waals surface area contributed by atoms with E-state index in [2.05, 4.69) is 40.3 Å². The number of pyridine rings is 1. The van der Waals surface area contributed by atoms with Crippen molar-refractivity contribution in [3.63, 3.8) is 0 Å². The van der Waals surface area contributed by atoms with Crippen LogP contribution in [0.5, 0.6) is 5.75 Å². The number of hydrogen-bond donors (Lipinski definition) is 0. The molecule has 0 bridgehead atoms. The molecule has 118 valence electrons. The van der Waals surface area contributed by atoms with Crippen LogP contribution in [0.4, 0.5) is 4.79 Å². The first-order valence-electron chi connectivity index (χ1n) is 7.43. The summed E-state index contributed by atoms with van der Waals surface area (Å²) < 4.78 is 9.56. The molecular weight excluding hydrogens is 290 g/mol. The highest BCUT2D eigenvalue weighted by atomic mass is 16.6. The van der Waals surface area contributed by atoms with Crippen LogP contribution in [0.2, 0.25) is 0 Å². The topological polar surface area (TPSA) is 37.8 Å². The van der Waals surface area contributed by atoms with Crippen LogP contribution in [0.25, 0.3) is 16.9 Å². The summed E-state index contributed by atoms with van der Waals surface area (Å²) in [5.41, 5.74) is 4.48. The average Bonchev–Trinajstić information content (AvgIpc) is 2.87. The van der Waals surface area contributed by atoms with Crippen molar-refractivity contribution in [1.82, 2.24) is 9.30 Å². The fraction of sp³-hybridized carbons (Fsp3) is 0.222. The first-order chi connectivity index (χ1) is 11.0. The van der Waals surface area contributed by atoms with Crippen LogP contribution in [0.1, 0.15) is 5.69 Å². The Labute approximate surface area is 135 Å². The molecule has 0 saturated heterocycles. The van der Waals surface area contributed by atoms with Gasteiger partial charge in [0.1, 0.15) is 17.6 Å². The number of amides is 1. The maximum absolute atomic E-state index is 11.6. The summed E-state index contributed by atoms with van der Waals surface area (Å²) in [6.07, 6.45) is 1.74. The lowest BCUT2D eigenvalue weighted by atomic mass is 10.1. The molecule has 0 aliphatic carbocycles. The van der Waals surface area contributed by atoms with Crippen molar-refractivity contribution in [3.8, 4) is 17.0 Å². The van der Waals surface area contributed by atoms with Gasteiger partial charge in [-0.1, -0.05) is 6.07 Å². The van der Waals surface area contributed by atoms with E-state index in [1.54, 1.807) is 14.1 Å². The maximum Gasteiger partial charge on any atom is 0.414 e. The first-order valence-corrected chi connectivity index (χ1v) is 7.43. The van der Waals surface area contributed by atoms with Crippen LogP contribution in [0, 0.1) is 6.92 Å². The molecule has 2 heterocycles. The highest BCUT2D eigenvalue weighted by Gasteiger charge is 2.17. The maximum atomic E-state index is 11.6. The Morgan fingerprint density at radius 3 is 2.43 bits per heavy atom. The smallest absolute Gasteiger partial charge is 0.410 e. The molecule has 5 heteroatoms. The lowest BCUT2D eigenvalue weighted by Gasteiger charge is -2.10. The van der Waals surface area contributed by atoms with Gasteiger partial charge in [0.15, 0.2) is 5.69 Å². The Kier molecular flexibility index (Phi) is 3.78. The zero-order valence-electron chi connectivity index (χ0n) is 13.8. The van der Waals surface area contributed by atoms with Gasteiger partial charge in [-0.05, 0) is 37.3 Å². The van der Waals surface area contributed by atoms with Crippen molar-refractivity contribution < 1.29 is 14.1 Å². The van der Waals surface area contributed by atoms with Gasteiger partial charge in [-0.2, -0.15) is 4.40 Å². The summed E-state index contributed by atoms with van der Waals surface area (Å²) in [7, 11) is 5.36. The molecule has 5 nitrogen and oxygen atoms in total. The van der Waals surface area contributed by atoms with E-state index in [1.807, 2.05) is 31.3 Å². The van der Waals surface area contributed by atoms with Crippen molar-refractivity contribution in [2.24, 2.45) is 7.05 Å². The minimum atomic E-state index is -0.381. The summed E-state index contributed by atoms with van der Waals surface area (Å²) in [5, 5.41) is 0. The molecule has 0 spiro atoms. The molecule has 23 heavy (non-hydrogen) atoms. The normalized spacial score (nSPS) is 10.8. The molecule has 1 amide bonds. The van der Waals surface area contributed by atoms with Gasteiger partial charge in [-0.15, -0.1) is 0 Å². The second-order valence-electron chi connectivity index (χ2n) is 5.76. The Balaban J connectivity index is 1.95. The predicted octanol–water partition coefficient (Wildman–Crippen LogP) is 2.80. The predicted molar refractivity (Wildman–Crippen MR) is 88.5 cm³/mol. The van der Waals surface area contributed by atoms with E-state index in [9.17, 15) is 4.79 Å². The van der Waals surface area contributed by atoms with Gasteiger partial charge in [0.05, 0.1) is 7.05 Å². The number of rotatable bonds is 2. The van der Waals surface area contributed by atoms with E-state index in [1.165, 1.54) is 10.6 Å². The van der Waals surface area contributed by atoms with Crippen LogP contribution in [0.15, 0.2) is 48.7 Å². The molecule has 3 rings (SSSR count). The van der Waals surface area contributed by atoms with Crippen molar-refractivity contribution in [3.05, 3.63) is 54.4 Å². The molecule has 0 radical (unpaired) electrons. The third kappa shape index (κ3) is 2.77. The highest BCUT2D eigenvalue weighted by Crippen LogP contribution is 2.21. The number of ether oxygens (including phenoxy) is 1. The largest absolute Gasteiger partial charge is 0.414 e. The fourth-order valence-corrected chi connectivity index (χ4v) is 2.54. The molecule has 0 unspecified atom stereocenters. The minimum Gasteiger partial charge on any atom is -0.410 e. The zero-order chi connectivity index (χ0) is 16.6. The Morgan fingerprint density at radius 1 is 1.13 bits per heavy atom. The van der Waals surface area contributed by atoms with Gasteiger partial charge in [0.2, 0.25) is 0 Å². The van der Waals surface area contributed by atoms with Gasteiger partial charge in [-0.3, -0.25) is 0 Å². The Hall–Kier alpha value is -2.82. The average molecular weight is 310 g/mol. The quantitative estimate of drug-likeness (QED) is 0.683. The molecular formula is C18H20N3O2+. The summed E-state index contributed by atoms with van der Waals surface area (Å²) >= 11 is 0. The zero-order valence-corrected chi connectivity index (χ0v) is 13.8. The SMILES string of the molecule is Cc1cccc2n1cc(-c1ccc(OC(=O)N(C)C)cc1)[n+]2C. The molecule has 2 aromatic heterocycles. The van der Waals surface area contributed by atoms with E-state index in [0.29, 0.717) is 5.75 Å². The number of aromatic nitrogens is 2. The summed E-state index contributed by atoms with van der Waals surface area (Å²) in [6.45, 7) is 2.08. The number of imidazole rings is 1. The number of nitrogens with zero attached hydrogens (tertiary/aromatic N) is 3. The van der Waals surface area contributed by atoms with E-state index < -0.39 is 0 Å². The van der Waals surface area contributed by atoms with Gasteiger partial charge >= 0.3 is 6.09 Å². The molecule has 1 aromatic carbocycles. The number of fused-ring (bicyclic) bond motifs is 1. The molecule has 3 aromatic rings. The van der Waals surface area contributed by atoms with E-state index in [0.717, 1.165) is 16.9 Å². The second kappa shape index (κ2) is 5.76. The van der Waals surface area contributed by atoms with Gasteiger partial charge in [-0.25, -0.2) is 9.36 Å². The monoisotopic (exact) mass is 310 g/mol. The first kappa shape index (κ1) is 15.1. The van der Waals surface area contributed by atoms with Gasteiger partial charge < -0.3 is 9.64 Å². The third-order valence-electron chi connectivity index (χ3n) is 3.89. The fourth-order valence-electron chi connectivity index (χ4n) is 2.54. The lowest BCUT2D eigenvalue weighted by Crippen LogP contribution is -2.29. The van der Waals surface area contributed by atoms with Crippen molar-refractivity contribution in [2.75, 3.05) is 14.1 Å². The third-order valence-corrected chi connectivity index (χ3v) is 3.89. The standard InChI is InChI=1S/C18H20N3O2/c1-13-6-5-7-17-20(4)16(12-21(13)17)14-8-10-15(11-9-14)23-18(22)19(2)3/h5-12H,1-4H3/q+1. The van der Waals surface area contributed by atoms with E-state index >= 15 is 0 Å². The van der Waals surface area contributed by atoms with E-state index in [-0.39, 0.29) is 6.09 Å². The summed E-state index contributed by atoms with van der Waals surface area (Å²) in [4.78, 5) is 13.0. The van der Waals surface area contributed by atoms with Crippen LogP contribution in [0.3, 0.4) is 0 Å². The minimum absolute atomic E-state index is 0.381. The molecule has 0 aliphatic heterocycles. The van der Waals surface area contributed by atoms with Crippen LogP contribution >= 0.6 is 0 Å². The molecule has 0 N–H and O–H groups in total. The van der Waals surface area contributed by atoms with Crippen LogP contribution in [-0.2, 0) is 7.05 Å². The molecule has 0 atom stereocenters.